The molecule has 0 bridgehead atoms. The lowest BCUT2D eigenvalue weighted by Gasteiger charge is -2.35. The van der Waals surface area contributed by atoms with Gasteiger partial charge >= 0.3 is 29.2 Å². The standard InChI is InChI=1S/C12H20FN2O14P3/c1-6(2)12(5-26-31(22,23)29-32(24,25)28-30(19,20)21)9(17)8(13)10(27-12)15-4-3-7(16)14-11(15)18/h3-4,6,8-10,17H,5H2,1-2H3,(H,22,23)(H,24,25)(H,14,16,18)(H2,19,20,21)/t8-,9-,10?,12-/m0/s1. The normalized spacial score (nSPS) is 30.2. The molecule has 20 heteroatoms. The zero-order valence-corrected chi connectivity index (χ0v) is 18.9. The highest BCUT2D eigenvalue weighted by Gasteiger charge is 2.59. The van der Waals surface area contributed by atoms with Crippen molar-refractivity contribution in [2.24, 2.45) is 5.92 Å². The minimum absolute atomic E-state index is 0.615. The number of phosphoric ester groups is 1. The number of nitrogens with zero attached hydrogens (tertiary/aromatic N) is 1. The third-order valence-electron chi connectivity index (χ3n) is 4.39. The van der Waals surface area contributed by atoms with E-state index in [0.717, 1.165) is 12.3 Å². The Kier molecular flexibility index (Phi) is 7.90. The van der Waals surface area contributed by atoms with Crippen molar-refractivity contribution in [3.8, 4) is 0 Å². The summed E-state index contributed by atoms with van der Waals surface area (Å²) in [4.78, 5) is 60.9. The summed E-state index contributed by atoms with van der Waals surface area (Å²) < 4.78 is 66.7. The van der Waals surface area contributed by atoms with Crippen molar-refractivity contribution >= 4 is 23.5 Å². The second-order valence-corrected chi connectivity index (χ2v) is 11.3. The van der Waals surface area contributed by atoms with Crippen molar-refractivity contribution in [3.05, 3.63) is 33.1 Å². The van der Waals surface area contributed by atoms with Crippen molar-refractivity contribution in [1.82, 2.24) is 9.55 Å². The quantitative estimate of drug-likeness (QED) is 0.221. The average Bonchev–Trinajstić information content (AvgIpc) is 2.83. The first-order valence-corrected chi connectivity index (χ1v) is 13.0. The lowest BCUT2D eigenvalue weighted by atomic mass is 9.85. The third-order valence-corrected chi connectivity index (χ3v) is 8.17. The van der Waals surface area contributed by atoms with Gasteiger partial charge in [0.1, 0.15) is 11.7 Å². The molecule has 1 saturated heterocycles. The lowest BCUT2D eigenvalue weighted by Crippen LogP contribution is -2.50. The Labute approximate surface area is 178 Å². The second-order valence-electron chi connectivity index (χ2n) is 6.89. The van der Waals surface area contributed by atoms with Crippen LogP contribution in [0.25, 0.3) is 0 Å². The van der Waals surface area contributed by atoms with E-state index in [2.05, 4.69) is 13.1 Å². The van der Waals surface area contributed by atoms with Crippen LogP contribution in [-0.2, 0) is 31.6 Å². The molecule has 2 rings (SSSR count). The van der Waals surface area contributed by atoms with Crippen LogP contribution in [0.15, 0.2) is 21.9 Å². The zero-order valence-electron chi connectivity index (χ0n) is 16.2. The average molecular weight is 528 g/mol. The molecule has 0 amide bonds. The number of aromatic amines is 1. The number of aliphatic hydroxyl groups excluding tert-OH is 1. The van der Waals surface area contributed by atoms with Gasteiger partial charge in [0.2, 0.25) is 0 Å². The Balaban J connectivity index is 2.28. The lowest BCUT2D eigenvalue weighted by molar-refractivity contribution is -0.151. The van der Waals surface area contributed by atoms with Crippen molar-refractivity contribution in [3.63, 3.8) is 0 Å². The molecular weight excluding hydrogens is 508 g/mol. The number of phosphoric acid groups is 3. The molecule has 2 heterocycles. The molecule has 32 heavy (non-hydrogen) atoms. The van der Waals surface area contributed by atoms with E-state index < -0.39 is 71.3 Å². The highest BCUT2D eigenvalue weighted by atomic mass is 31.3. The van der Waals surface area contributed by atoms with Crippen molar-refractivity contribution < 1.29 is 60.6 Å². The minimum Gasteiger partial charge on any atom is -0.387 e. The summed E-state index contributed by atoms with van der Waals surface area (Å²) in [5.74, 6) is -0.869. The molecule has 1 fully saturated rings. The van der Waals surface area contributed by atoms with E-state index in [-0.39, 0.29) is 0 Å². The van der Waals surface area contributed by atoms with Crippen LogP contribution in [0.3, 0.4) is 0 Å². The van der Waals surface area contributed by atoms with Gasteiger partial charge in [-0.15, -0.1) is 0 Å². The first-order chi connectivity index (χ1) is 14.4. The molecule has 0 aromatic carbocycles. The van der Waals surface area contributed by atoms with Gasteiger partial charge < -0.3 is 29.4 Å². The van der Waals surface area contributed by atoms with Crippen LogP contribution in [0.4, 0.5) is 4.39 Å². The molecule has 3 unspecified atom stereocenters. The summed E-state index contributed by atoms with van der Waals surface area (Å²) in [7, 11) is -17.0. The highest BCUT2D eigenvalue weighted by molar-refractivity contribution is 7.66. The van der Waals surface area contributed by atoms with Crippen molar-refractivity contribution in [1.29, 1.82) is 0 Å². The number of alkyl halides is 1. The van der Waals surface area contributed by atoms with E-state index >= 15 is 0 Å². The first-order valence-electron chi connectivity index (χ1n) is 8.49. The topological polar surface area (TPSA) is 244 Å². The molecule has 1 aromatic rings. The summed E-state index contributed by atoms with van der Waals surface area (Å²) in [5, 5.41) is 10.4. The monoisotopic (exact) mass is 528 g/mol. The maximum atomic E-state index is 14.8. The Hall–Kier alpha value is -1.06. The highest BCUT2D eigenvalue weighted by Crippen LogP contribution is 2.66. The minimum atomic E-state index is -5.80. The number of hydrogen-bond donors (Lipinski definition) is 6. The van der Waals surface area contributed by atoms with Gasteiger partial charge in [0.05, 0.1) is 6.61 Å². The molecule has 0 radical (unpaired) electrons. The number of H-pyrrole nitrogens is 1. The predicted molar refractivity (Wildman–Crippen MR) is 99.7 cm³/mol. The van der Waals surface area contributed by atoms with Gasteiger partial charge in [0.15, 0.2) is 12.4 Å². The number of ether oxygens (including phenoxy) is 1. The van der Waals surface area contributed by atoms with Crippen LogP contribution in [0, 0.1) is 5.92 Å². The van der Waals surface area contributed by atoms with Crippen LogP contribution in [-0.4, -0.2) is 58.7 Å². The van der Waals surface area contributed by atoms with E-state index in [0.29, 0.717) is 4.57 Å². The first kappa shape index (κ1) is 27.2. The summed E-state index contributed by atoms with van der Waals surface area (Å²) in [6, 6.07) is 0.880. The molecule has 0 aliphatic carbocycles. The van der Waals surface area contributed by atoms with E-state index in [9.17, 15) is 42.6 Å². The zero-order chi connectivity index (χ0) is 24.7. The third kappa shape index (κ3) is 6.29. The van der Waals surface area contributed by atoms with Gasteiger partial charge in [-0.1, -0.05) is 13.8 Å². The number of aromatic nitrogens is 2. The molecule has 16 nitrogen and oxygen atoms in total. The van der Waals surface area contributed by atoms with Gasteiger partial charge in [-0.2, -0.15) is 8.62 Å². The maximum Gasteiger partial charge on any atom is 0.490 e. The Morgan fingerprint density at radius 1 is 1.19 bits per heavy atom. The summed E-state index contributed by atoms with van der Waals surface area (Å²) in [6.45, 7) is 1.62. The fraction of sp³-hybridized carbons (Fsp3) is 0.667. The van der Waals surface area contributed by atoms with Crippen LogP contribution in [0.2, 0.25) is 0 Å². The Bertz CT molecular complexity index is 1100. The van der Waals surface area contributed by atoms with Crippen LogP contribution >= 0.6 is 23.5 Å². The molecule has 0 spiro atoms. The largest absolute Gasteiger partial charge is 0.490 e. The van der Waals surface area contributed by atoms with E-state index in [1.54, 1.807) is 0 Å². The van der Waals surface area contributed by atoms with E-state index in [4.69, 9.17) is 14.5 Å². The van der Waals surface area contributed by atoms with E-state index in [1.165, 1.54) is 13.8 Å². The molecular formula is C12H20FN2O14P3. The van der Waals surface area contributed by atoms with Gasteiger partial charge in [0, 0.05) is 12.3 Å². The number of halogens is 1. The van der Waals surface area contributed by atoms with Gasteiger partial charge in [-0.3, -0.25) is 18.9 Å². The Morgan fingerprint density at radius 2 is 1.78 bits per heavy atom. The van der Waals surface area contributed by atoms with Crippen LogP contribution in [0.1, 0.15) is 20.1 Å². The van der Waals surface area contributed by atoms with Crippen molar-refractivity contribution in [2.45, 2.75) is 38.0 Å². The van der Waals surface area contributed by atoms with Gasteiger partial charge in [-0.05, 0) is 5.92 Å². The SMILES string of the molecule is CC(C)[C@]1(COP(=O)(O)OP(=O)(O)OP(=O)(O)O)OC(n2ccc(=O)[nH]c2=O)[C@@H](F)[C@@H]1O. The van der Waals surface area contributed by atoms with Crippen molar-refractivity contribution in [2.75, 3.05) is 6.61 Å². The van der Waals surface area contributed by atoms with Crippen LogP contribution < -0.4 is 11.2 Å². The molecule has 1 aliphatic heterocycles. The molecule has 184 valence electrons. The molecule has 1 aliphatic rings. The predicted octanol–water partition coefficient (Wildman–Crippen LogP) is -0.498. The molecule has 6 N–H and O–H groups in total. The molecule has 6 atom stereocenters. The molecule has 1 aromatic heterocycles. The summed E-state index contributed by atoms with van der Waals surface area (Å²) in [6.07, 6.45) is -5.28. The number of nitrogens with one attached hydrogen (secondary N) is 1. The number of hydrogen-bond acceptors (Lipinski definition) is 10. The number of aliphatic hydroxyl groups is 1. The summed E-state index contributed by atoms with van der Waals surface area (Å²) >= 11 is 0. The van der Waals surface area contributed by atoms with Gasteiger partial charge in [-0.25, -0.2) is 22.9 Å². The van der Waals surface area contributed by atoms with Gasteiger partial charge in [0.25, 0.3) is 5.56 Å². The summed E-state index contributed by atoms with van der Waals surface area (Å²) in [5.41, 5.74) is -3.99. The fourth-order valence-corrected chi connectivity index (χ4v) is 5.93. The second kappa shape index (κ2) is 9.29. The van der Waals surface area contributed by atoms with E-state index in [1.807, 2.05) is 4.98 Å². The Morgan fingerprint density at radius 3 is 2.28 bits per heavy atom. The maximum absolute atomic E-state index is 14.8. The van der Waals surface area contributed by atoms with Crippen LogP contribution in [0.5, 0.6) is 0 Å². The fourth-order valence-electron chi connectivity index (χ4n) is 2.87. The smallest absolute Gasteiger partial charge is 0.387 e. The number of rotatable bonds is 9. The molecule has 0 saturated carbocycles.